The van der Waals surface area contributed by atoms with Crippen molar-refractivity contribution in [2.45, 2.75) is 6.92 Å². The molecule has 6 nitrogen and oxygen atoms in total. The Morgan fingerprint density at radius 3 is 3.00 bits per heavy atom. The second kappa shape index (κ2) is 2.34. The summed E-state index contributed by atoms with van der Waals surface area (Å²) in [4.78, 5) is 25.8. The van der Waals surface area contributed by atoms with Gasteiger partial charge in [0, 0.05) is 6.92 Å². The number of hydrogen-bond acceptors (Lipinski definition) is 4. The smallest absolute Gasteiger partial charge is 0.316 e. The third kappa shape index (κ3) is 1.22. The molecule has 0 aromatic carbocycles. The molecule has 6 heteroatoms. The first-order valence-corrected chi connectivity index (χ1v) is 2.51. The SMILES string of the molecule is CC(=O)On1[nH]ncc1=O. The number of H-pyrrole nitrogens is 1. The van der Waals surface area contributed by atoms with E-state index in [1.165, 1.54) is 6.92 Å². The maximum atomic E-state index is 10.5. The highest BCUT2D eigenvalue weighted by Crippen LogP contribution is 1.65. The molecule has 0 aliphatic heterocycles. The van der Waals surface area contributed by atoms with Crippen LogP contribution in [0.4, 0.5) is 0 Å². The Kier molecular flexibility index (Phi) is 1.53. The van der Waals surface area contributed by atoms with E-state index in [4.69, 9.17) is 0 Å². The fraction of sp³-hybridized carbons (Fsp3) is 0.250. The number of rotatable bonds is 1. The van der Waals surface area contributed by atoms with E-state index in [9.17, 15) is 9.59 Å². The first kappa shape index (κ1) is 6.53. The number of hydrogen-bond donors (Lipinski definition) is 1. The van der Waals surface area contributed by atoms with Gasteiger partial charge in [0.2, 0.25) is 0 Å². The first-order valence-electron chi connectivity index (χ1n) is 2.51. The van der Waals surface area contributed by atoms with Crippen molar-refractivity contribution in [3.05, 3.63) is 16.6 Å². The van der Waals surface area contributed by atoms with Crippen molar-refractivity contribution in [1.82, 2.24) is 15.2 Å². The fourth-order valence-corrected chi connectivity index (χ4v) is 0.432. The van der Waals surface area contributed by atoms with Crippen LogP contribution < -0.4 is 10.4 Å². The molecule has 10 heavy (non-hydrogen) atoms. The van der Waals surface area contributed by atoms with Gasteiger partial charge in [-0.1, -0.05) is 4.85 Å². The number of aromatic nitrogens is 3. The van der Waals surface area contributed by atoms with Gasteiger partial charge in [-0.15, -0.1) is 0 Å². The number of carbonyl (C=O) groups is 1. The van der Waals surface area contributed by atoms with Crippen LogP contribution in [0.2, 0.25) is 0 Å². The highest BCUT2D eigenvalue weighted by Gasteiger charge is 1.98. The van der Waals surface area contributed by atoms with E-state index in [2.05, 4.69) is 15.1 Å². The molecule has 1 aromatic heterocycles. The molecule has 1 rings (SSSR count). The van der Waals surface area contributed by atoms with E-state index < -0.39 is 11.5 Å². The monoisotopic (exact) mass is 143 g/mol. The molecule has 0 spiro atoms. The first-order chi connectivity index (χ1) is 4.70. The minimum absolute atomic E-state index is 0.504. The van der Waals surface area contributed by atoms with Crippen molar-refractivity contribution in [2.75, 3.05) is 0 Å². The molecule has 1 N–H and O–H groups in total. The minimum Gasteiger partial charge on any atom is -0.316 e. The summed E-state index contributed by atoms with van der Waals surface area (Å²) < 4.78 is 0. The maximum Gasteiger partial charge on any atom is 0.332 e. The predicted octanol–water partition coefficient (Wildman–Crippen LogP) is -1.45. The van der Waals surface area contributed by atoms with Crippen molar-refractivity contribution < 1.29 is 9.63 Å². The van der Waals surface area contributed by atoms with Crippen LogP contribution >= 0.6 is 0 Å². The summed E-state index contributed by atoms with van der Waals surface area (Å²) in [6.07, 6.45) is 1.00. The maximum absolute atomic E-state index is 10.5. The predicted molar refractivity (Wildman–Crippen MR) is 30.1 cm³/mol. The lowest BCUT2D eigenvalue weighted by Gasteiger charge is -1.94. The molecular formula is C4H5N3O3. The average Bonchev–Trinajstić information content (AvgIpc) is 2.15. The topological polar surface area (TPSA) is 77.0 Å². The lowest BCUT2D eigenvalue weighted by molar-refractivity contribution is -0.143. The Morgan fingerprint density at radius 1 is 1.90 bits per heavy atom. The highest BCUT2D eigenvalue weighted by molar-refractivity contribution is 5.66. The summed E-state index contributed by atoms with van der Waals surface area (Å²) in [5.41, 5.74) is -0.504. The molecule has 0 saturated carbocycles. The Balaban J connectivity index is 2.85. The lowest BCUT2D eigenvalue weighted by Crippen LogP contribution is -2.27. The van der Waals surface area contributed by atoms with Gasteiger partial charge >= 0.3 is 11.5 Å². The van der Waals surface area contributed by atoms with Crippen LogP contribution in [0, 0.1) is 0 Å². The van der Waals surface area contributed by atoms with Crippen molar-refractivity contribution in [1.29, 1.82) is 0 Å². The van der Waals surface area contributed by atoms with E-state index in [0.29, 0.717) is 4.85 Å². The van der Waals surface area contributed by atoms with Gasteiger partial charge in [-0.3, -0.25) is 4.79 Å². The van der Waals surface area contributed by atoms with Gasteiger partial charge in [0.15, 0.2) is 0 Å². The van der Waals surface area contributed by atoms with Crippen LogP contribution in [0.25, 0.3) is 0 Å². The summed E-state index contributed by atoms with van der Waals surface area (Å²) in [5, 5.41) is 5.47. The van der Waals surface area contributed by atoms with Crippen LogP contribution in [-0.4, -0.2) is 21.1 Å². The molecule has 1 aromatic rings. The summed E-state index contributed by atoms with van der Waals surface area (Å²) in [5.74, 6) is -0.577. The molecule has 0 unspecified atom stereocenters. The Hall–Kier alpha value is -1.59. The molecular weight excluding hydrogens is 138 g/mol. The van der Waals surface area contributed by atoms with Gasteiger partial charge in [-0.05, 0) is 0 Å². The zero-order chi connectivity index (χ0) is 7.56. The number of nitrogens with zero attached hydrogens (tertiary/aromatic N) is 2. The van der Waals surface area contributed by atoms with Gasteiger partial charge in [0.05, 0.1) is 0 Å². The van der Waals surface area contributed by atoms with Crippen LogP contribution in [0.1, 0.15) is 6.92 Å². The summed E-state index contributed by atoms with van der Waals surface area (Å²) in [7, 11) is 0. The zero-order valence-corrected chi connectivity index (χ0v) is 5.20. The van der Waals surface area contributed by atoms with Crippen molar-refractivity contribution >= 4 is 5.97 Å². The Morgan fingerprint density at radius 2 is 2.60 bits per heavy atom. The van der Waals surface area contributed by atoms with E-state index in [1.807, 2.05) is 0 Å². The molecule has 0 radical (unpaired) electrons. The molecule has 0 saturated heterocycles. The fourth-order valence-electron chi connectivity index (χ4n) is 0.432. The van der Waals surface area contributed by atoms with Gasteiger partial charge < -0.3 is 4.84 Å². The number of nitrogens with one attached hydrogen (secondary N) is 1. The minimum atomic E-state index is -0.577. The molecule has 0 amide bonds. The van der Waals surface area contributed by atoms with Crippen molar-refractivity contribution in [2.24, 2.45) is 0 Å². The average molecular weight is 143 g/mol. The summed E-state index contributed by atoms with van der Waals surface area (Å²) >= 11 is 0. The second-order valence-electron chi connectivity index (χ2n) is 1.57. The number of aromatic amines is 1. The molecule has 0 aliphatic rings. The van der Waals surface area contributed by atoms with E-state index in [-0.39, 0.29) is 0 Å². The van der Waals surface area contributed by atoms with Gasteiger partial charge in [-0.2, -0.15) is 10.3 Å². The molecule has 0 bridgehead atoms. The normalized spacial score (nSPS) is 9.30. The summed E-state index contributed by atoms with van der Waals surface area (Å²) in [6, 6.07) is 0. The van der Waals surface area contributed by atoms with Gasteiger partial charge in [0.25, 0.3) is 0 Å². The van der Waals surface area contributed by atoms with Crippen LogP contribution in [-0.2, 0) is 4.79 Å². The largest absolute Gasteiger partial charge is 0.332 e. The molecule has 54 valence electrons. The zero-order valence-electron chi connectivity index (χ0n) is 5.20. The van der Waals surface area contributed by atoms with Crippen LogP contribution in [0.3, 0.4) is 0 Å². The van der Waals surface area contributed by atoms with Crippen LogP contribution in [0.15, 0.2) is 11.0 Å². The second-order valence-corrected chi connectivity index (χ2v) is 1.57. The third-order valence-electron chi connectivity index (χ3n) is 0.744. The van der Waals surface area contributed by atoms with Gasteiger partial charge in [0.1, 0.15) is 6.20 Å². The Labute approximate surface area is 55.3 Å². The van der Waals surface area contributed by atoms with E-state index >= 15 is 0 Å². The molecule has 1 heterocycles. The van der Waals surface area contributed by atoms with Crippen molar-refractivity contribution in [3.63, 3.8) is 0 Å². The standard InChI is InChI=1S/C4H5N3O3/c1-3(8)10-7-4(9)2-5-6-7/h2,6H,1H3. The number of carbonyl (C=O) groups excluding carboxylic acids is 1. The molecule has 0 atom stereocenters. The Bertz CT molecular complexity index is 286. The highest BCUT2D eigenvalue weighted by atomic mass is 16.7. The van der Waals surface area contributed by atoms with Crippen molar-refractivity contribution in [3.8, 4) is 0 Å². The molecule has 0 aliphatic carbocycles. The van der Waals surface area contributed by atoms with Crippen LogP contribution in [0.5, 0.6) is 0 Å². The van der Waals surface area contributed by atoms with E-state index in [1.54, 1.807) is 0 Å². The van der Waals surface area contributed by atoms with Gasteiger partial charge in [-0.25, -0.2) is 4.79 Å². The molecule has 0 fully saturated rings. The van der Waals surface area contributed by atoms with E-state index in [0.717, 1.165) is 6.20 Å². The third-order valence-corrected chi connectivity index (χ3v) is 0.744. The lowest BCUT2D eigenvalue weighted by atomic mass is 10.8. The summed E-state index contributed by atoms with van der Waals surface area (Å²) in [6.45, 7) is 1.19. The quantitative estimate of drug-likeness (QED) is 0.488.